The van der Waals surface area contributed by atoms with Gasteiger partial charge in [-0.25, -0.2) is 13.8 Å². The van der Waals surface area contributed by atoms with Gasteiger partial charge in [0.25, 0.3) is 0 Å². The number of carbonyl (C=O) groups excluding carboxylic acids is 1. The van der Waals surface area contributed by atoms with Gasteiger partial charge in [-0.2, -0.15) is 10.1 Å². The summed E-state index contributed by atoms with van der Waals surface area (Å²) in [6.45, 7) is 1.02. The first-order valence-electron chi connectivity index (χ1n) is 11.9. The number of nitrogen functional groups attached to an aromatic ring is 1. The number of nitrogens with zero attached hydrogens (tertiary/aromatic N) is 2. The van der Waals surface area contributed by atoms with Crippen molar-refractivity contribution in [1.29, 1.82) is 0 Å². The molecule has 2 aromatic carbocycles. The molecule has 2 heterocycles. The molecule has 2 unspecified atom stereocenters. The zero-order valence-corrected chi connectivity index (χ0v) is 22.5. The maximum Gasteiger partial charge on any atom is 0.459 e. The third-order valence-corrected chi connectivity index (χ3v) is 8.90. The van der Waals surface area contributed by atoms with E-state index >= 15 is 0 Å². The van der Waals surface area contributed by atoms with E-state index < -0.39 is 55.0 Å². The second-order valence-electron chi connectivity index (χ2n) is 8.68. The third kappa shape index (κ3) is 7.46. The second-order valence-corrected chi connectivity index (χ2v) is 11.7. The van der Waals surface area contributed by atoms with E-state index in [4.69, 9.17) is 19.5 Å². The van der Waals surface area contributed by atoms with Crippen LogP contribution in [-0.2, 0) is 25.2 Å². The summed E-state index contributed by atoms with van der Waals surface area (Å²) >= 11 is 0.914. The molecule has 39 heavy (non-hydrogen) atoms. The predicted molar refractivity (Wildman–Crippen MR) is 144 cm³/mol. The lowest BCUT2D eigenvalue weighted by Crippen LogP contribution is -2.36. The van der Waals surface area contributed by atoms with Crippen LogP contribution in [0.1, 0.15) is 17.9 Å². The van der Waals surface area contributed by atoms with E-state index in [1.54, 1.807) is 42.5 Å². The summed E-state index contributed by atoms with van der Waals surface area (Å²) in [6.07, 6.45) is -2.11. The first-order chi connectivity index (χ1) is 18.6. The van der Waals surface area contributed by atoms with Gasteiger partial charge in [0.2, 0.25) is 0 Å². The number of nitrogens with two attached hydrogens (primary N) is 1. The smallest absolute Gasteiger partial charge is 0.459 e. The number of hydrogen-bond acceptors (Lipinski definition) is 10. The largest absolute Gasteiger partial charge is 0.460 e. The van der Waals surface area contributed by atoms with Crippen LogP contribution in [0.25, 0.3) is 0 Å². The van der Waals surface area contributed by atoms with E-state index in [9.17, 15) is 23.7 Å². The Balaban J connectivity index is 1.44. The van der Waals surface area contributed by atoms with Crippen LogP contribution in [0.5, 0.6) is 5.75 Å². The highest BCUT2D eigenvalue weighted by Gasteiger charge is 2.46. The maximum atomic E-state index is 15.0. The topological polar surface area (TPSA) is 155 Å². The first kappa shape index (κ1) is 28.8. The highest BCUT2D eigenvalue weighted by atomic mass is 32.2. The van der Waals surface area contributed by atoms with Gasteiger partial charge >= 0.3 is 19.4 Å². The molecule has 0 bridgehead atoms. The number of thioether (sulfide) groups is 1. The van der Waals surface area contributed by atoms with Gasteiger partial charge in [-0.15, -0.1) is 11.8 Å². The first-order valence-corrected chi connectivity index (χ1v) is 14.4. The predicted octanol–water partition coefficient (Wildman–Crippen LogP) is 3.06. The summed E-state index contributed by atoms with van der Waals surface area (Å²) in [5.41, 5.74) is 5.51. The van der Waals surface area contributed by atoms with Gasteiger partial charge in [0, 0.05) is 6.20 Å². The Bertz CT molecular complexity index is 1370. The number of hydrogen-bond donors (Lipinski definition) is 3. The number of anilines is 1. The third-order valence-electron chi connectivity index (χ3n) is 5.73. The zero-order chi connectivity index (χ0) is 28.0. The Morgan fingerprint density at radius 3 is 2.54 bits per heavy atom. The van der Waals surface area contributed by atoms with Gasteiger partial charge in [-0.3, -0.25) is 13.9 Å². The van der Waals surface area contributed by atoms with Crippen molar-refractivity contribution in [3.05, 3.63) is 89.0 Å². The standard InChI is InChI=1S/C25H28FN4O7PS/c1-16(24(32)35-14-17-8-4-2-5-9-17)29-38(34,37-18-10-6-3-7-11-18)36-15-19-22(31)21(26)23(39-19)30-13-12-20(27)28-25(30)33/h2-13,16,19,21-23,31H,14-15H2,1H3,(H,29,34)(H2,27,28,33)/t16-,19+,21-,22+,23?,38?/m0/s1. The maximum absolute atomic E-state index is 15.0. The van der Waals surface area contributed by atoms with Crippen LogP contribution in [0.2, 0.25) is 0 Å². The van der Waals surface area contributed by atoms with Gasteiger partial charge in [-0.1, -0.05) is 48.5 Å². The number of rotatable bonds is 11. The van der Waals surface area contributed by atoms with Crippen molar-refractivity contribution in [2.24, 2.45) is 0 Å². The summed E-state index contributed by atoms with van der Waals surface area (Å²) < 4.78 is 46.2. The summed E-state index contributed by atoms with van der Waals surface area (Å²) in [6, 6.07) is 17.4. The zero-order valence-electron chi connectivity index (χ0n) is 20.8. The number of para-hydroxylation sites is 1. The highest BCUT2D eigenvalue weighted by Crippen LogP contribution is 2.48. The molecule has 208 valence electrons. The van der Waals surface area contributed by atoms with Crippen molar-refractivity contribution < 1.29 is 32.6 Å². The molecule has 1 fully saturated rings. The number of halogens is 1. The van der Waals surface area contributed by atoms with Crippen molar-refractivity contribution in [2.75, 3.05) is 12.3 Å². The van der Waals surface area contributed by atoms with Crippen molar-refractivity contribution in [1.82, 2.24) is 14.6 Å². The summed E-state index contributed by atoms with van der Waals surface area (Å²) in [5, 5.41) is 11.0. The Hall–Kier alpha value is -3.22. The molecule has 4 N–H and O–H groups in total. The average molecular weight is 579 g/mol. The Labute approximate surface area is 228 Å². The quantitative estimate of drug-likeness (QED) is 0.227. The fraction of sp³-hybridized carbons (Fsp3) is 0.320. The monoisotopic (exact) mass is 578 g/mol. The van der Waals surface area contributed by atoms with E-state index in [2.05, 4.69) is 10.1 Å². The van der Waals surface area contributed by atoms with Crippen LogP contribution in [0.4, 0.5) is 10.2 Å². The number of carbonyl (C=O) groups is 1. The molecule has 0 amide bonds. The molecular formula is C25H28FN4O7PS. The fourth-order valence-electron chi connectivity index (χ4n) is 3.71. The van der Waals surface area contributed by atoms with Gasteiger partial charge < -0.3 is 20.1 Å². The lowest BCUT2D eigenvalue weighted by atomic mass is 10.1. The number of benzene rings is 2. The van der Waals surface area contributed by atoms with Crippen molar-refractivity contribution >= 4 is 31.3 Å². The lowest BCUT2D eigenvalue weighted by molar-refractivity contribution is -0.146. The number of ether oxygens (including phenoxy) is 1. The van der Waals surface area contributed by atoms with Crippen LogP contribution >= 0.6 is 19.5 Å². The Kier molecular flexibility index (Phi) is 9.41. The Morgan fingerprint density at radius 1 is 1.21 bits per heavy atom. The number of esters is 1. The lowest BCUT2D eigenvalue weighted by Gasteiger charge is -2.24. The number of aromatic nitrogens is 2. The van der Waals surface area contributed by atoms with E-state index in [0.717, 1.165) is 21.9 Å². The molecule has 6 atom stereocenters. The SMILES string of the molecule is C[C@H](NP(=O)(OC[C@H]1SC(n2ccc(N)nc2=O)[C@@H](F)[C@@H]1O)Oc1ccccc1)C(=O)OCc1ccccc1. The van der Waals surface area contributed by atoms with Crippen LogP contribution in [0.3, 0.4) is 0 Å². The van der Waals surface area contributed by atoms with Crippen LogP contribution in [0, 0.1) is 0 Å². The molecule has 0 spiro atoms. The molecule has 3 aromatic rings. The molecular weight excluding hydrogens is 550 g/mol. The molecule has 0 saturated carbocycles. The van der Waals surface area contributed by atoms with Crippen molar-refractivity contribution in [3.8, 4) is 5.75 Å². The van der Waals surface area contributed by atoms with Gasteiger partial charge in [0.1, 0.15) is 35.7 Å². The van der Waals surface area contributed by atoms with Crippen LogP contribution in [0.15, 0.2) is 77.7 Å². The number of alkyl halides is 1. The molecule has 11 nitrogen and oxygen atoms in total. The fourth-order valence-corrected chi connectivity index (χ4v) is 6.75. The van der Waals surface area contributed by atoms with Crippen LogP contribution in [-0.4, -0.2) is 50.8 Å². The highest BCUT2D eigenvalue weighted by molar-refractivity contribution is 8.00. The minimum atomic E-state index is -4.25. The van der Waals surface area contributed by atoms with E-state index in [0.29, 0.717) is 0 Å². The van der Waals surface area contributed by atoms with Crippen molar-refractivity contribution in [2.45, 2.75) is 42.5 Å². The summed E-state index contributed by atoms with van der Waals surface area (Å²) in [7, 11) is -4.25. The molecule has 1 aromatic heterocycles. The summed E-state index contributed by atoms with van der Waals surface area (Å²) in [5.74, 6) is -0.524. The molecule has 4 rings (SSSR count). The van der Waals surface area contributed by atoms with E-state index in [-0.39, 0.29) is 18.2 Å². The van der Waals surface area contributed by atoms with Gasteiger partial charge in [-0.05, 0) is 30.7 Å². The molecule has 0 aliphatic carbocycles. The molecule has 0 radical (unpaired) electrons. The molecule has 1 saturated heterocycles. The molecule has 1 aliphatic rings. The van der Waals surface area contributed by atoms with Crippen molar-refractivity contribution in [3.63, 3.8) is 0 Å². The normalized spacial score (nSPS) is 23.1. The second kappa shape index (κ2) is 12.8. The van der Waals surface area contributed by atoms with E-state index in [1.807, 2.05) is 18.2 Å². The minimum absolute atomic E-state index is 0.0138. The number of nitrogens with one attached hydrogen (secondary N) is 1. The van der Waals surface area contributed by atoms with E-state index in [1.165, 1.54) is 19.2 Å². The number of aliphatic hydroxyl groups excluding tert-OH is 1. The Morgan fingerprint density at radius 2 is 1.87 bits per heavy atom. The average Bonchev–Trinajstić information content (AvgIpc) is 3.20. The van der Waals surface area contributed by atoms with Gasteiger partial charge in [0.05, 0.1) is 11.9 Å². The molecule has 14 heteroatoms. The summed E-state index contributed by atoms with van der Waals surface area (Å²) in [4.78, 5) is 28.4. The number of aliphatic hydroxyl groups is 1. The van der Waals surface area contributed by atoms with Gasteiger partial charge in [0.15, 0.2) is 6.17 Å². The minimum Gasteiger partial charge on any atom is -0.460 e. The van der Waals surface area contributed by atoms with Crippen LogP contribution < -0.4 is 21.0 Å². The molecule has 1 aliphatic heterocycles.